The number of sulfonamides is 1. The van der Waals surface area contributed by atoms with Crippen LogP contribution >= 0.6 is 11.6 Å². The van der Waals surface area contributed by atoms with Crippen molar-refractivity contribution in [1.82, 2.24) is 4.31 Å². The van der Waals surface area contributed by atoms with Gasteiger partial charge < -0.3 is 10.1 Å². The lowest BCUT2D eigenvalue weighted by molar-refractivity contribution is -0.118. The van der Waals surface area contributed by atoms with E-state index >= 15 is 0 Å². The maximum absolute atomic E-state index is 12.5. The van der Waals surface area contributed by atoms with Gasteiger partial charge in [0.05, 0.1) is 4.90 Å². The van der Waals surface area contributed by atoms with E-state index < -0.39 is 10.0 Å². The van der Waals surface area contributed by atoms with Gasteiger partial charge in [-0.2, -0.15) is 4.31 Å². The van der Waals surface area contributed by atoms with Gasteiger partial charge in [0.1, 0.15) is 5.75 Å². The highest BCUT2D eigenvalue weighted by molar-refractivity contribution is 7.89. The number of rotatable bonds is 6. The summed E-state index contributed by atoms with van der Waals surface area (Å²) < 4.78 is 31.9. The van der Waals surface area contributed by atoms with Crippen LogP contribution in [0.15, 0.2) is 47.4 Å². The van der Waals surface area contributed by atoms with Crippen LogP contribution in [-0.2, 0) is 14.8 Å². The first-order valence-electron chi connectivity index (χ1n) is 8.65. The lowest BCUT2D eigenvalue weighted by Crippen LogP contribution is -2.27. The molecule has 0 atom stereocenters. The molecule has 1 heterocycles. The van der Waals surface area contributed by atoms with Crippen LogP contribution in [0.4, 0.5) is 5.69 Å². The highest BCUT2D eigenvalue weighted by Crippen LogP contribution is 2.23. The van der Waals surface area contributed by atoms with E-state index in [9.17, 15) is 13.2 Å². The molecule has 6 nitrogen and oxygen atoms in total. The van der Waals surface area contributed by atoms with Crippen LogP contribution in [0.25, 0.3) is 0 Å². The molecule has 1 saturated heterocycles. The summed E-state index contributed by atoms with van der Waals surface area (Å²) >= 11 is 5.96. The molecule has 0 aliphatic carbocycles. The van der Waals surface area contributed by atoms with Gasteiger partial charge in [-0.05, 0) is 67.8 Å². The van der Waals surface area contributed by atoms with Gasteiger partial charge in [0.2, 0.25) is 10.0 Å². The molecule has 1 N–H and O–H groups in total. The van der Waals surface area contributed by atoms with E-state index in [-0.39, 0.29) is 17.4 Å². The standard InChI is InChI=1S/C19H21ClN2O4S/c1-14-12-16(6-9-18(14)20)26-13-19(23)21-15-4-7-17(8-5-15)27(24,25)22-10-2-3-11-22/h4-9,12H,2-3,10-11,13H2,1H3,(H,21,23). The van der Waals surface area contributed by atoms with Crippen molar-refractivity contribution in [1.29, 1.82) is 0 Å². The SMILES string of the molecule is Cc1cc(OCC(=O)Nc2ccc(S(=O)(=O)N3CCCC3)cc2)ccc1Cl. The molecule has 1 amide bonds. The Morgan fingerprint density at radius 2 is 1.81 bits per heavy atom. The molecule has 0 radical (unpaired) electrons. The number of anilines is 1. The van der Waals surface area contributed by atoms with Crippen molar-refractivity contribution in [3.63, 3.8) is 0 Å². The number of ether oxygens (including phenoxy) is 1. The van der Waals surface area contributed by atoms with Gasteiger partial charge in [-0.25, -0.2) is 8.42 Å². The number of benzene rings is 2. The molecule has 8 heteroatoms. The van der Waals surface area contributed by atoms with E-state index in [1.54, 1.807) is 30.3 Å². The number of hydrogen-bond acceptors (Lipinski definition) is 4. The molecule has 2 aromatic rings. The Kier molecular flexibility index (Phi) is 6.04. The lowest BCUT2D eigenvalue weighted by Gasteiger charge is -2.15. The van der Waals surface area contributed by atoms with Crippen LogP contribution in [0.3, 0.4) is 0 Å². The summed E-state index contributed by atoms with van der Waals surface area (Å²) in [7, 11) is -3.45. The van der Waals surface area contributed by atoms with Gasteiger partial charge in [0.15, 0.2) is 6.61 Å². The molecule has 1 fully saturated rings. The van der Waals surface area contributed by atoms with Crippen molar-refractivity contribution < 1.29 is 17.9 Å². The first kappa shape index (κ1) is 19.7. The lowest BCUT2D eigenvalue weighted by atomic mass is 10.2. The van der Waals surface area contributed by atoms with E-state index in [0.717, 1.165) is 18.4 Å². The van der Waals surface area contributed by atoms with Crippen molar-refractivity contribution in [2.45, 2.75) is 24.7 Å². The largest absolute Gasteiger partial charge is 0.484 e. The minimum Gasteiger partial charge on any atom is -0.484 e. The molecule has 0 spiro atoms. The second-order valence-corrected chi connectivity index (χ2v) is 8.73. The van der Waals surface area contributed by atoms with Gasteiger partial charge in [-0.1, -0.05) is 11.6 Å². The highest BCUT2D eigenvalue weighted by atomic mass is 35.5. The summed E-state index contributed by atoms with van der Waals surface area (Å²) in [4.78, 5) is 12.3. The third-order valence-electron chi connectivity index (χ3n) is 4.34. The van der Waals surface area contributed by atoms with Crippen LogP contribution in [-0.4, -0.2) is 38.3 Å². The predicted molar refractivity (Wildman–Crippen MR) is 105 cm³/mol. The Morgan fingerprint density at radius 3 is 2.44 bits per heavy atom. The fourth-order valence-electron chi connectivity index (χ4n) is 2.84. The topological polar surface area (TPSA) is 75.7 Å². The Morgan fingerprint density at radius 1 is 1.15 bits per heavy atom. The Labute approximate surface area is 164 Å². The van der Waals surface area contributed by atoms with Crippen molar-refractivity contribution in [2.75, 3.05) is 25.0 Å². The number of carbonyl (C=O) groups is 1. The van der Waals surface area contributed by atoms with Crippen molar-refractivity contribution in [2.24, 2.45) is 0 Å². The number of amides is 1. The second-order valence-electron chi connectivity index (χ2n) is 6.38. The zero-order valence-electron chi connectivity index (χ0n) is 14.9. The molecule has 0 bridgehead atoms. The summed E-state index contributed by atoms with van der Waals surface area (Å²) in [5.74, 6) is 0.219. The monoisotopic (exact) mass is 408 g/mol. The molecule has 27 heavy (non-hydrogen) atoms. The third-order valence-corrected chi connectivity index (χ3v) is 6.68. The molecule has 1 aliphatic heterocycles. The third kappa shape index (κ3) is 4.80. The minimum absolute atomic E-state index is 0.158. The molecule has 0 saturated carbocycles. The molecule has 2 aromatic carbocycles. The van der Waals surface area contributed by atoms with Crippen molar-refractivity contribution in [3.8, 4) is 5.75 Å². The molecule has 3 rings (SSSR count). The fourth-order valence-corrected chi connectivity index (χ4v) is 4.48. The molecule has 0 aromatic heterocycles. The quantitative estimate of drug-likeness (QED) is 0.794. The number of nitrogens with one attached hydrogen (secondary N) is 1. The fraction of sp³-hybridized carbons (Fsp3) is 0.316. The first-order chi connectivity index (χ1) is 12.9. The zero-order chi connectivity index (χ0) is 19.4. The average molecular weight is 409 g/mol. The maximum atomic E-state index is 12.5. The molecule has 1 aliphatic rings. The predicted octanol–water partition coefficient (Wildman–Crippen LogP) is 3.45. The smallest absolute Gasteiger partial charge is 0.262 e. The first-order valence-corrected chi connectivity index (χ1v) is 10.5. The van der Waals surface area contributed by atoms with E-state index in [1.807, 2.05) is 6.92 Å². The Balaban J connectivity index is 1.57. The van der Waals surface area contributed by atoms with Gasteiger partial charge in [0.25, 0.3) is 5.91 Å². The minimum atomic E-state index is -3.45. The molecular formula is C19H21ClN2O4S. The second kappa shape index (κ2) is 8.29. The van der Waals surface area contributed by atoms with Gasteiger partial charge >= 0.3 is 0 Å². The molecular weight excluding hydrogens is 388 g/mol. The highest BCUT2D eigenvalue weighted by Gasteiger charge is 2.26. The summed E-state index contributed by atoms with van der Waals surface area (Å²) in [5, 5.41) is 3.32. The molecule has 0 unspecified atom stereocenters. The van der Waals surface area contributed by atoms with E-state index in [2.05, 4.69) is 5.32 Å². The Bertz CT molecular complexity index is 923. The number of nitrogens with zero attached hydrogens (tertiary/aromatic N) is 1. The van der Waals surface area contributed by atoms with Crippen molar-refractivity contribution in [3.05, 3.63) is 53.1 Å². The maximum Gasteiger partial charge on any atom is 0.262 e. The summed E-state index contributed by atoms with van der Waals surface area (Å²) in [5.41, 5.74) is 1.38. The van der Waals surface area contributed by atoms with Crippen LogP contribution in [0.1, 0.15) is 18.4 Å². The van der Waals surface area contributed by atoms with Crippen LogP contribution in [0, 0.1) is 6.92 Å². The van der Waals surface area contributed by atoms with Crippen LogP contribution in [0.2, 0.25) is 5.02 Å². The summed E-state index contributed by atoms with van der Waals surface area (Å²) in [6.45, 7) is 2.81. The summed E-state index contributed by atoms with van der Waals surface area (Å²) in [6.07, 6.45) is 1.78. The van der Waals surface area contributed by atoms with Gasteiger partial charge in [0, 0.05) is 23.8 Å². The van der Waals surface area contributed by atoms with Crippen molar-refractivity contribution >= 4 is 33.2 Å². The van der Waals surface area contributed by atoms with Crippen LogP contribution in [0.5, 0.6) is 5.75 Å². The zero-order valence-corrected chi connectivity index (χ0v) is 16.5. The molecule has 144 valence electrons. The van der Waals surface area contributed by atoms with Crippen LogP contribution < -0.4 is 10.1 Å². The number of hydrogen-bond donors (Lipinski definition) is 1. The summed E-state index contributed by atoms with van der Waals surface area (Å²) in [6, 6.07) is 11.3. The van der Waals surface area contributed by atoms with E-state index in [0.29, 0.717) is 29.5 Å². The number of halogens is 1. The Hall–Kier alpha value is -2.09. The number of aryl methyl sites for hydroxylation is 1. The van der Waals surface area contributed by atoms with Gasteiger partial charge in [-0.15, -0.1) is 0 Å². The van der Waals surface area contributed by atoms with E-state index in [4.69, 9.17) is 16.3 Å². The average Bonchev–Trinajstić information content (AvgIpc) is 3.19. The number of carbonyl (C=O) groups excluding carboxylic acids is 1. The van der Waals surface area contributed by atoms with Gasteiger partial charge in [-0.3, -0.25) is 4.79 Å². The normalized spacial score (nSPS) is 14.9. The van der Waals surface area contributed by atoms with E-state index in [1.165, 1.54) is 16.4 Å².